The number of methoxy groups -OCH3 is 1. The van der Waals surface area contributed by atoms with Crippen LogP contribution in [0.5, 0.6) is 0 Å². The van der Waals surface area contributed by atoms with Gasteiger partial charge in [0.25, 0.3) is 5.91 Å². The zero-order valence-corrected chi connectivity index (χ0v) is 14.6. The molecule has 21 heavy (non-hydrogen) atoms. The van der Waals surface area contributed by atoms with Crippen LogP contribution >= 0.6 is 9.90 Å². The van der Waals surface area contributed by atoms with E-state index in [9.17, 15) is 9.59 Å². The number of rotatable bonds is 1. The average Bonchev–Trinajstić information content (AvgIpc) is 2.26. The summed E-state index contributed by atoms with van der Waals surface area (Å²) in [6.07, 6.45) is 0. The van der Waals surface area contributed by atoms with Crippen LogP contribution in [0, 0.1) is 26.2 Å². The highest BCUT2D eigenvalue weighted by atomic mass is 31.0. The molecule has 1 aromatic carbocycles. The molecule has 1 amide bonds. The van der Waals surface area contributed by atoms with E-state index in [0.717, 1.165) is 16.7 Å². The Balaban J connectivity index is 0. The van der Waals surface area contributed by atoms with Crippen LogP contribution in [0.25, 0.3) is 0 Å². The number of hydrogen-bond donors (Lipinski definition) is 3. The Labute approximate surface area is 128 Å². The van der Waals surface area contributed by atoms with E-state index < -0.39 is 0 Å². The smallest absolute Gasteiger partial charge is 0.302 e. The van der Waals surface area contributed by atoms with Gasteiger partial charge in [-0.25, -0.2) is 0 Å². The summed E-state index contributed by atoms with van der Waals surface area (Å²) < 4.78 is 4.11. The van der Waals surface area contributed by atoms with Crippen molar-refractivity contribution >= 4 is 27.7 Å². The summed E-state index contributed by atoms with van der Waals surface area (Å²) in [7, 11) is 1.35. The van der Waals surface area contributed by atoms with Crippen LogP contribution in [-0.4, -0.2) is 24.9 Å². The second-order valence-corrected chi connectivity index (χ2v) is 4.34. The monoisotopic (exact) mass is 313 g/mol. The fraction of sp³-hybridized carbons (Fsp3) is 0.357. The molecule has 0 spiro atoms. The maximum Gasteiger partial charge on any atom is 0.302 e. The largest absolute Gasteiger partial charge is 0.469 e. The molecule has 7 heteroatoms. The number of aryl methyl sites for hydroxylation is 3. The van der Waals surface area contributed by atoms with Crippen molar-refractivity contribution in [1.82, 2.24) is 5.32 Å². The number of nitrogens with one attached hydrogen (secondary N) is 2. The quantitative estimate of drug-likeness (QED) is 0.316. The van der Waals surface area contributed by atoms with Crippen molar-refractivity contribution in [2.75, 3.05) is 7.11 Å². The highest BCUT2D eigenvalue weighted by molar-refractivity contribution is 6.92. The number of guanidine groups is 1. The van der Waals surface area contributed by atoms with Crippen molar-refractivity contribution in [3.63, 3.8) is 0 Å². The lowest BCUT2D eigenvalue weighted by atomic mass is 9.99. The molecule has 0 heterocycles. The van der Waals surface area contributed by atoms with Gasteiger partial charge in [-0.15, -0.1) is 0 Å². The van der Waals surface area contributed by atoms with E-state index in [1.807, 2.05) is 32.9 Å². The number of hydrogen-bond acceptors (Lipinski definition) is 4. The summed E-state index contributed by atoms with van der Waals surface area (Å²) >= 11 is 0. The van der Waals surface area contributed by atoms with E-state index in [4.69, 9.17) is 11.1 Å². The summed E-state index contributed by atoms with van der Waals surface area (Å²) in [6, 6.07) is 3.87. The van der Waals surface area contributed by atoms with Crippen LogP contribution < -0.4 is 11.1 Å². The molecule has 6 nitrogen and oxygen atoms in total. The first-order valence-electron chi connectivity index (χ1n) is 5.96. The number of amides is 1. The predicted molar refractivity (Wildman–Crippen MR) is 88.8 cm³/mol. The average molecular weight is 313 g/mol. The fourth-order valence-electron chi connectivity index (χ4n) is 1.72. The highest BCUT2D eigenvalue weighted by Gasteiger charge is 2.12. The second-order valence-electron chi connectivity index (χ2n) is 4.34. The van der Waals surface area contributed by atoms with Crippen molar-refractivity contribution in [2.24, 2.45) is 5.73 Å². The van der Waals surface area contributed by atoms with Gasteiger partial charge in [-0.05, 0) is 31.9 Å². The summed E-state index contributed by atoms with van der Waals surface area (Å²) in [5, 5.41) is 9.29. The van der Waals surface area contributed by atoms with Gasteiger partial charge in [0.1, 0.15) is 0 Å². The first-order valence-corrected chi connectivity index (χ1v) is 5.96. The third-order valence-corrected chi connectivity index (χ3v) is 2.44. The van der Waals surface area contributed by atoms with Crippen molar-refractivity contribution in [2.45, 2.75) is 27.7 Å². The van der Waals surface area contributed by atoms with Crippen molar-refractivity contribution in [1.29, 1.82) is 5.41 Å². The second kappa shape index (κ2) is 9.88. The maximum atomic E-state index is 11.7. The standard InChI is InChI=1S/C11H15N3O.C3H6O2.H3P/c1-6-4-7(2)9(8(3)5-6)10(15)14-11(12)13;1-3(4)5-2;/h4-5H,1-3H3,(H4,12,13,14,15);1-2H3;1H3. The van der Waals surface area contributed by atoms with Gasteiger partial charge in [-0.3, -0.25) is 20.3 Å². The lowest BCUT2D eigenvalue weighted by Crippen LogP contribution is -2.36. The Hall–Kier alpha value is -1.94. The van der Waals surface area contributed by atoms with Crippen LogP contribution in [0.4, 0.5) is 0 Å². The summed E-state index contributed by atoms with van der Waals surface area (Å²) in [4.78, 5) is 21.3. The van der Waals surface area contributed by atoms with Crippen LogP contribution in [0.1, 0.15) is 34.0 Å². The summed E-state index contributed by atoms with van der Waals surface area (Å²) in [5.41, 5.74) is 8.61. The number of carbonyl (C=O) groups excluding carboxylic acids is 2. The summed E-state index contributed by atoms with van der Waals surface area (Å²) in [5.74, 6) is -0.901. The van der Waals surface area contributed by atoms with Crippen LogP contribution in [0.3, 0.4) is 0 Å². The Bertz CT molecular complexity index is 507. The van der Waals surface area contributed by atoms with Crippen molar-refractivity contribution in [3.05, 3.63) is 34.4 Å². The molecule has 0 aromatic heterocycles. The minimum atomic E-state index is -0.334. The lowest BCUT2D eigenvalue weighted by Gasteiger charge is -2.10. The van der Waals surface area contributed by atoms with E-state index in [0.29, 0.717) is 5.56 Å². The molecule has 0 radical (unpaired) electrons. The van der Waals surface area contributed by atoms with Crippen molar-refractivity contribution in [3.8, 4) is 0 Å². The van der Waals surface area contributed by atoms with Crippen molar-refractivity contribution < 1.29 is 14.3 Å². The normalized spacial score (nSPS) is 8.62. The van der Waals surface area contributed by atoms with Gasteiger partial charge in [-0.1, -0.05) is 17.7 Å². The SMILES string of the molecule is COC(C)=O.Cc1cc(C)c(C(=O)NC(=N)N)c(C)c1.P. The molecule has 0 aliphatic heterocycles. The van der Waals surface area contributed by atoms with Gasteiger partial charge in [0.05, 0.1) is 7.11 Å². The number of carbonyl (C=O) groups is 2. The fourth-order valence-corrected chi connectivity index (χ4v) is 1.72. The molecule has 0 aliphatic carbocycles. The van der Waals surface area contributed by atoms with E-state index in [2.05, 4.69) is 10.1 Å². The molecule has 1 aromatic rings. The van der Waals surface area contributed by atoms with E-state index in [-0.39, 0.29) is 27.7 Å². The molecule has 0 aliphatic rings. The molecule has 4 N–H and O–H groups in total. The Morgan fingerprint density at radius 3 is 1.86 bits per heavy atom. The van der Waals surface area contributed by atoms with E-state index in [1.54, 1.807) is 0 Å². The zero-order chi connectivity index (χ0) is 15.9. The van der Waals surface area contributed by atoms with Gasteiger partial charge in [-0.2, -0.15) is 9.90 Å². The first-order chi connectivity index (χ1) is 9.18. The topological polar surface area (TPSA) is 105 Å². The molecular weight excluding hydrogens is 289 g/mol. The number of esters is 1. The van der Waals surface area contributed by atoms with Gasteiger partial charge >= 0.3 is 5.97 Å². The van der Waals surface area contributed by atoms with Gasteiger partial charge < -0.3 is 10.5 Å². The van der Waals surface area contributed by atoms with Crippen LogP contribution in [-0.2, 0) is 9.53 Å². The highest BCUT2D eigenvalue weighted by Crippen LogP contribution is 2.15. The van der Waals surface area contributed by atoms with Gasteiger partial charge in [0, 0.05) is 12.5 Å². The van der Waals surface area contributed by atoms with Gasteiger partial charge in [0.15, 0.2) is 5.96 Å². The summed E-state index contributed by atoms with van der Waals surface area (Å²) in [6.45, 7) is 7.08. The molecule has 1 atom stereocenters. The Kier molecular flexibility index (Phi) is 10.1. The molecule has 1 unspecified atom stereocenters. The molecule has 0 fully saturated rings. The van der Waals surface area contributed by atoms with Gasteiger partial charge in [0.2, 0.25) is 0 Å². The molecule has 0 saturated heterocycles. The predicted octanol–water partition coefficient (Wildman–Crippen LogP) is 1.47. The van der Waals surface area contributed by atoms with E-state index in [1.165, 1.54) is 14.0 Å². The van der Waals surface area contributed by atoms with Crippen LogP contribution in [0.2, 0.25) is 0 Å². The maximum absolute atomic E-state index is 11.7. The van der Waals surface area contributed by atoms with E-state index >= 15 is 0 Å². The zero-order valence-electron chi connectivity index (χ0n) is 13.2. The molecule has 0 saturated carbocycles. The lowest BCUT2D eigenvalue weighted by molar-refractivity contribution is -0.137. The number of benzene rings is 1. The molecule has 1 rings (SSSR count). The molecule has 118 valence electrons. The number of nitrogens with two attached hydrogens (primary N) is 1. The Morgan fingerprint density at radius 1 is 1.19 bits per heavy atom. The molecule has 0 bridgehead atoms. The minimum absolute atomic E-state index is 0. The third kappa shape index (κ3) is 8.05. The van der Waals surface area contributed by atoms with Crippen LogP contribution in [0.15, 0.2) is 12.1 Å². The first kappa shape index (κ1) is 21.4. The minimum Gasteiger partial charge on any atom is -0.469 e. The molecular formula is C14H24N3O3P. The Morgan fingerprint density at radius 2 is 1.57 bits per heavy atom. The third-order valence-electron chi connectivity index (χ3n) is 2.44. The number of ether oxygens (including phenoxy) is 1.